The van der Waals surface area contributed by atoms with E-state index < -0.39 is 31.2 Å². The highest BCUT2D eigenvalue weighted by Gasteiger charge is 2.51. The van der Waals surface area contributed by atoms with Crippen LogP contribution in [0, 0.1) is 0 Å². The van der Waals surface area contributed by atoms with Crippen LogP contribution in [-0.2, 0) is 0 Å². The molecule has 0 spiro atoms. The highest BCUT2D eigenvalue weighted by molar-refractivity contribution is 8.58. The largest absolute Gasteiger partial charge is 0.203 e. The topological polar surface area (TPSA) is 36.1 Å². The first-order valence-corrected chi connectivity index (χ1v) is 18.8. The summed E-state index contributed by atoms with van der Waals surface area (Å²) in [6.45, 7) is 0. The Morgan fingerprint density at radius 3 is 0.500 bits per heavy atom. The van der Waals surface area contributed by atoms with Crippen LogP contribution in [0.2, 0.25) is 0 Å². The van der Waals surface area contributed by atoms with Gasteiger partial charge in [-0.1, -0.05) is 140 Å². The second-order valence-electron chi connectivity index (χ2n) is 9.97. The lowest BCUT2D eigenvalue weighted by Gasteiger charge is -2.65. The molecule has 6 aromatic carbocycles. The Labute approximate surface area is 253 Å². The van der Waals surface area contributed by atoms with Crippen molar-refractivity contribution in [2.45, 2.75) is 29.4 Å². The summed E-state index contributed by atoms with van der Waals surface area (Å²) in [6.07, 6.45) is 0. The Bertz CT molecular complexity index is 1400. The minimum Gasteiger partial charge on any atom is -0.203 e. The smallest absolute Gasteiger partial charge is 0.0214 e. The van der Waals surface area contributed by atoms with Crippen molar-refractivity contribution in [2.75, 3.05) is 0 Å². The lowest BCUT2D eigenvalue weighted by Crippen LogP contribution is -2.51. The van der Waals surface area contributed by atoms with Gasteiger partial charge in [0.15, 0.2) is 0 Å². The molecule has 0 bridgehead atoms. The average Bonchev–Trinajstić information content (AvgIpc) is 3.10. The predicted octanol–water partition coefficient (Wildman–Crippen LogP) is 10.0. The molecule has 3 nitrogen and oxygen atoms in total. The SMILES string of the molecule is c1ccc(S2(c3ccccc3)NS(c3ccccc3)(c3ccccc3)NS(c3ccccc3)(c3ccccc3)N2)cc1. The van der Waals surface area contributed by atoms with Crippen LogP contribution in [0.3, 0.4) is 0 Å². The Kier molecular flexibility index (Phi) is 7.42. The number of hydrogen-bond acceptors (Lipinski definition) is 3. The van der Waals surface area contributed by atoms with Crippen LogP contribution in [0.15, 0.2) is 211 Å². The zero-order chi connectivity index (χ0) is 28.3. The molecule has 3 N–H and O–H groups in total. The second-order valence-corrected chi connectivity index (χ2v) is 18.5. The summed E-state index contributed by atoms with van der Waals surface area (Å²) in [5.74, 6) is 0. The maximum atomic E-state index is 4.41. The molecule has 1 aliphatic rings. The Morgan fingerprint density at radius 2 is 0.357 bits per heavy atom. The van der Waals surface area contributed by atoms with E-state index in [0.29, 0.717) is 0 Å². The third-order valence-corrected chi connectivity index (χ3v) is 19.2. The van der Waals surface area contributed by atoms with E-state index in [9.17, 15) is 0 Å². The molecular weight excluding hydrogens is 571 g/mol. The molecule has 6 heteroatoms. The van der Waals surface area contributed by atoms with Crippen LogP contribution >= 0.6 is 31.2 Å². The van der Waals surface area contributed by atoms with Crippen LogP contribution in [-0.4, -0.2) is 0 Å². The van der Waals surface area contributed by atoms with Gasteiger partial charge in [-0.3, -0.25) is 0 Å². The molecule has 0 radical (unpaired) electrons. The van der Waals surface area contributed by atoms with Crippen molar-refractivity contribution < 1.29 is 0 Å². The molecule has 7 rings (SSSR count). The number of benzene rings is 6. The fourth-order valence-electron chi connectivity index (χ4n) is 5.35. The van der Waals surface area contributed by atoms with E-state index in [1.807, 2.05) is 0 Å². The van der Waals surface area contributed by atoms with Crippen LogP contribution < -0.4 is 12.4 Å². The molecule has 0 unspecified atom stereocenters. The molecule has 1 fully saturated rings. The molecule has 1 aliphatic heterocycles. The van der Waals surface area contributed by atoms with Crippen LogP contribution in [0.5, 0.6) is 0 Å². The van der Waals surface area contributed by atoms with Crippen molar-refractivity contribution in [3.8, 4) is 0 Å². The van der Waals surface area contributed by atoms with Crippen LogP contribution in [0.25, 0.3) is 0 Å². The van der Waals surface area contributed by atoms with Gasteiger partial charge in [-0.2, -0.15) is 0 Å². The molecule has 6 aromatic rings. The van der Waals surface area contributed by atoms with Gasteiger partial charge in [0.1, 0.15) is 0 Å². The second kappa shape index (κ2) is 11.5. The minimum atomic E-state index is -2.05. The third-order valence-electron chi connectivity index (χ3n) is 7.33. The van der Waals surface area contributed by atoms with Crippen molar-refractivity contribution in [1.29, 1.82) is 0 Å². The van der Waals surface area contributed by atoms with Crippen molar-refractivity contribution in [1.82, 2.24) is 12.4 Å². The summed E-state index contributed by atoms with van der Waals surface area (Å²) < 4.78 is 13.2. The maximum Gasteiger partial charge on any atom is 0.0214 e. The van der Waals surface area contributed by atoms with E-state index in [-0.39, 0.29) is 0 Å². The van der Waals surface area contributed by atoms with Gasteiger partial charge >= 0.3 is 0 Å². The van der Waals surface area contributed by atoms with Gasteiger partial charge in [-0.25, -0.2) is 12.4 Å². The summed E-state index contributed by atoms with van der Waals surface area (Å²) in [7, 11) is -6.15. The molecule has 210 valence electrons. The lowest BCUT2D eigenvalue weighted by molar-refractivity contribution is 1.15. The summed E-state index contributed by atoms with van der Waals surface area (Å²) in [4.78, 5) is 7.45. The molecule has 0 saturated carbocycles. The molecule has 0 aromatic heterocycles. The Balaban J connectivity index is 1.64. The summed E-state index contributed by atoms with van der Waals surface area (Å²) in [6, 6.07) is 65.7. The van der Waals surface area contributed by atoms with E-state index >= 15 is 0 Å². The molecule has 0 aliphatic carbocycles. The Morgan fingerprint density at radius 1 is 0.214 bits per heavy atom. The van der Waals surface area contributed by atoms with Gasteiger partial charge < -0.3 is 0 Å². The van der Waals surface area contributed by atoms with Crippen molar-refractivity contribution >= 4 is 31.2 Å². The molecule has 0 amide bonds. The van der Waals surface area contributed by atoms with E-state index in [4.69, 9.17) is 0 Å². The van der Waals surface area contributed by atoms with Crippen LogP contribution in [0.4, 0.5) is 0 Å². The molecule has 1 saturated heterocycles. The molecule has 1 heterocycles. The van der Waals surface area contributed by atoms with Gasteiger partial charge in [-0.15, -0.1) is 0 Å². The van der Waals surface area contributed by atoms with Crippen molar-refractivity contribution in [2.24, 2.45) is 0 Å². The standard InChI is InChI=1S/C36H33N3S3/c1-7-19-31(20-8-1)40(32-21-9-2-10-22-32)37-41(33-23-11-3-12-24-33,34-25-13-4-14-26-34)39-42(38-40,35-27-15-5-16-28-35)36-29-17-6-18-30-36/h1-30,37-39H. The number of rotatable bonds is 6. The van der Waals surface area contributed by atoms with Gasteiger partial charge in [0.2, 0.25) is 0 Å². The predicted molar refractivity (Wildman–Crippen MR) is 180 cm³/mol. The van der Waals surface area contributed by atoms with E-state index in [0.717, 1.165) is 0 Å². The summed E-state index contributed by atoms with van der Waals surface area (Å²) >= 11 is 0. The van der Waals surface area contributed by atoms with Gasteiger partial charge in [0.05, 0.1) is 0 Å². The van der Waals surface area contributed by atoms with Crippen molar-refractivity contribution in [3.63, 3.8) is 0 Å². The number of hydrogen-bond donors (Lipinski definition) is 3. The zero-order valence-electron chi connectivity index (χ0n) is 23.0. The monoisotopic (exact) mass is 603 g/mol. The Hall–Kier alpha value is -3.75. The lowest BCUT2D eigenvalue weighted by atomic mass is 10.4. The van der Waals surface area contributed by atoms with E-state index in [1.54, 1.807) is 0 Å². The number of nitrogens with one attached hydrogen (secondary N) is 3. The summed E-state index contributed by atoms with van der Waals surface area (Å²) in [5.41, 5.74) is 0. The average molecular weight is 604 g/mol. The quantitative estimate of drug-likeness (QED) is 0.177. The maximum absolute atomic E-state index is 4.41. The van der Waals surface area contributed by atoms with E-state index in [1.165, 1.54) is 29.4 Å². The highest BCUT2D eigenvalue weighted by Crippen LogP contribution is 2.80. The normalized spacial score (nSPS) is 19.1. The third kappa shape index (κ3) is 4.67. The van der Waals surface area contributed by atoms with Crippen molar-refractivity contribution in [3.05, 3.63) is 182 Å². The summed E-state index contributed by atoms with van der Waals surface area (Å²) in [5, 5.41) is 0. The van der Waals surface area contributed by atoms with Gasteiger partial charge in [-0.05, 0) is 72.8 Å². The first-order chi connectivity index (χ1) is 20.8. The zero-order valence-corrected chi connectivity index (χ0v) is 25.5. The fraction of sp³-hybridized carbons (Fsp3) is 0. The minimum absolute atomic E-state index is 1.24. The highest BCUT2D eigenvalue weighted by atomic mass is 32.4. The molecule has 42 heavy (non-hydrogen) atoms. The first kappa shape index (κ1) is 27.1. The molecular formula is C36H33N3S3. The molecule has 0 atom stereocenters. The fourth-order valence-corrected chi connectivity index (χ4v) is 20.0. The van der Waals surface area contributed by atoms with Crippen LogP contribution in [0.1, 0.15) is 0 Å². The van der Waals surface area contributed by atoms with E-state index in [2.05, 4.69) is 194 Å². The first-order valence-electron chi connectivity index (χ1n) is 13.9. The van der Waals surface area contributed by atoms with Gasteiger partial charge in [0.25, 0.3) is 0 Å². The van der Waals surface area contributed by atoms with Gasteiger partial charge in [0, 0.05) is 29.4 Å².